The normalized spacial score (nSPS) is 12.0. The summed E-state index contributed by atoms with van der Waals surface area (Å²) in [5, 5.41) is 15.3. The van der Waals surface area contributed by atoms with Crippen LogP contribution in [0.3, 0.4) is 0 Å². The maximum absolute atomic E-state index is 13.9. The van der Waals surface area contributed by atoms with Crippen LogP contribution in [-0.2, 0) is 0 Å². The van der Waals surface area contributed by atoms with Gasteiger partial charge in [0.05, 0.1) is 23.9 Å². The van der Waals surface area contributed by atoms with Crippen LogP contribution in [0.1, 0.15) is 75.2 Å². The SMILES string of the molecule is CCCCCCCCNc1cc(OC)c2nc(-c3ccc(N(CC)CC)cc3O)nc3c2c1C(=O)c1ccccc1-3. The minimum Gasteiger partial charge on any atom is -0.507 e. The summed E-state index contributed by atoms with van der Waals surface area (Å²) >= 11 is 0. The number of rotatable bonds is 13. The predicted octanol–water partition coefficient (Wildman–Crippen LogP) is 7.84. The first kappa shape index (κ1) is 28.4. The number of carbonyl (C=O) groups is 1. The molecule has 0 atom stereocenters. The molecule has 1 aliphatic carbocycles. The second-order valence-electron chi connectivity index (χ2n) is 10.6. The standard InChI is InChI=1S/C34H40N4O3/c1-5-8-9-10-11-14-19-35-26-21-28(41-4)32-30-29(26)33(40)24-16-13-12-15-23(24)31(30)36-34(37-32)25-18-17-22(20-27(25)39)38(6-2)7-3/h12-13,15-18,20-21,35,39H,5-11,14,19H2,1-4H3. The van der Waals surface area contributed by atoms with Gasteiger partial charge in [-0.25, -0.2) is 9.97 Å². The number of aromatic hydroxyl groups is 1. The molecule has 4 aromatic rings. The van der Waals surface area contributed by atoms with Crippen molar-refractivity contribution in [2.75, 3.05) is 37.0 Å². The summed E-state index contributed by atoms with van der Waals surface area (Å²) in [7, 11) is 1.62. The van der Waals surface area contributed by atoms with Crippen LogP contribution in [0.15, 0.2) is 48.5 Å². The molecule has 0 aliphatic heterocycles. The van der Waals surface area contributed by atoms with Crippen molar-refractivity contribution in [3.8, 4) is 34.1 Å². The Kier molecular flexibility index (Phi) is 8.72. The highest BCUT2D eigenvalue weighted by Crippen LogP contribution is 2.45. The Hall–Kier alpha value is -4.13. The number of hydrogen-bond donors (Lipinski definition) is 2. The minimum absolute atomic E-state index is 0.0472. The molecule has 0 amide bonds. The molecular formula is C34H40N4O3. The number of ether oxygens (including phenoxy) is 1. The van der Waals surface area contributed by atoms with Gasteiger partial charge in [-0.3, -0.25) is 4.79 Å². The minimum atomic E-state index is -0.0472. The number of phenolic OH excluding ortho intramolecular Hbond substituents is 1. The fraction of sp³-hybridized carbons (Fsp3) is 0.382. The van der Waals surface area contributed by atoms with Crippen LogP contribution in [0.4, 0.5) is 11.4 Å². The average molecular weight is 553 g/mol. The highest BCUT2D eigenvalue weighted by atomic mass is 16.5. The zero-order chi connectivity index (χ0) is 28.9. The number of methoxy groups -OCH3 is 1. The molecule has 0 saturated carbocycles. The molecule has 7 heteroatoms. The van der Waals surface area contributed by atoms with E-state index in [0.717, 1.165) is 49.4 Å². The zero-order valence-corrected chi connectivity index (χ0v) is 24.6. The highest BCUT2D eigenvalue weighted by Gasteiger charge is 2.32. The van der Waals surface area contributed by atoms with Crippen LogP contribution < -0.4 is 15.0 Å². The topological polar surface area (TPSA) is 87.6 Å². The van der Waals surface area contributed by atoms with E-state index in [2.05, 4.69) is 31.0 Å². The summed E-state index contributed by atoms with van der Waals surface area (Å²) in [6.07, 6.45) is 7.17. The molecule has 2 N–H and O–H groups in total. The number of ketones is 1. The zero-order valence-electron chi connectivity index (χ0n) is 24.6. The number of nitrogens with zero attached hydrogens (tertiary/aromatic N) is 3. The molecule has 0 radical (unpaired) electrons. The summed E-state index contributed by atoms with van der Waals surface area (Å²) in [6, 6.07) is 15.1. The van der Waals surface area contributed by atoms with Crippen LogP contribution in [0, 0.1) is 0 Å². The smallest absolute Gasteiger partial charge is 0.196 e. The molecule has 5 rings (SSSR count). The molecule has 1 aromatic heterocycles. The number of hydrogen-bond acceptors (Lipinski definition) is 7. The average Bonchev–Trinajstić information content (AvgIpc) is 2.99. The molecule has 214 valence electrons. The van der Waals surface area contributed by atoms with Gasteiger partial charge in [0, 0.05) is 59.7 Å². The lowest BCUT2D eigenvalue weighted by Crippen LogP contribution is -2.21. The monoisotopic (exact) mass is 552 g/mol. The van der Waals surface area contributed by atoms with E-state index in [1.807, 2.05) is 42.5 Å². The number of nitrogens with one attached hydrogen (secondary N) is 1. The first-order valence-electron chi connectivity index (χ1n) is 14.9. The van der Waals surface area contributed by atoms with Crippen LogP contribution >= 0.6 is 0 Å². The van der Waals surface area contributed by atoms with Crippen LogP contribution in [-0.4, -0.2) is 47.6 Å². The Morgan fingerprint density at radius 1 is 0.878 bits per heavy atom. The van der Waals surface area contributed by atoms with Crippen molar-refractivity contribution in [1.29, 1.82) is 0 Å². The van der Waals surface area contributed by atoms with Crippen molar-refractivity contribution in [2.24, 2.45) is 0 Å². The van der Waals surface area contributed by atoms with Gasteiger partial charge >= 0.3 is 0 Å². The molecule has 0 saturated heterocycles. The Balaban J connectivity index is 1.62. The summed E-state index contributed by atoms with van der Waals surface area (Å²) in [5.74, 6) is 1.01. The largest absolute Gasteiger partial charge is 0.507 e. The lowest BCUT2D eigenvalue weighted by molar-refractivity contribution is 0.104. The van der Waals surface area contributed by atoms with E-state index >= 15 is 0 Å². The third-order valence-electron chi connectivity index (χ3n) is 8.01. The Morgan fingerprint density at radius 2 is 1.61 bits per heavy atom. The molecule has 0 spiro atoms. The van der Waals surface area contributed by atoms with Gasteiger partial charge in [-0.05, 0) is 32.4 Å². The van der Waals surface area contributed by atoms with Crippen molar-refractivity contribution < 1.29 is 14.6 Å². The van der Waals surface area contributed by atoms with Gasteiger partial charge in [-0.1, -0.05) is 63.3 Å². The lowest BCUT2D eigenvalue weighted by atomic mass is 9.85. The summed E-state index contributed by atoms with van der Waals surface area (Å²) in [5.41, 5.74) is 5.39. The Bertz CT molecular complexity index is 1560. The Labute approximate surface area is 242 Å². The second kappa shape index (κ2) is 12.6. The van der Waals surface area contributed by atoms with E-state index in [4.69, 9.17) is 14.7 Å². The van der Waals surface area contributed by atoms with Gasteiger partial charge in [-0.15, -0.1) is 0 Å². The molecule has 3 aromatic carbocycles. The Morgan fingerprint density at radius 3 is 2.32 bits per heavy atom. The predicted molar refractivity (Wildman–Crippen MR) is 167 cm³/mol. The van der Waals surface area contributed by atoms with Gasteiger partial charge in [-0.2, -0.15) is 0 Å². The third-order valence-corrected chi connectivity index (χ3v) is 8.01. The maximum atomic E-state index is 13.9. The van der Waals surface area contributed by atoms with Crippen LogP contribution in [0.25, 0.3) is 33.5 Å². The van der Waals surface area contributed by atoms with Crippen molar-refractivity contribution in [2.45, 2.75) is 59.3 Å². The number of fused-ring (bicyclic) bond motifs is 2. The molecule has 0 unspecified atom stereocenters. The first-order chi connectivity index (χ1) is 20.0. The van der Waals surface area contributed by atoms with Crippen LogP contribution in [0.5, 0.6) is 11.5 Å². The van der Waals surface area contributed by atoms with E-state index in [0.29, 0.717) is 44.9 Å². The third kappa shape index (κ3) is 5.45. The van der Waals surface area contributed by atoms with Crippen molar-refractivity contribution >= 4 is 28.1 Å². The number of unbranched alkanes of at least 4 members (excludes halogenated alkanes) is 5. The van der Waals surface area contributed by atoms with Gasteiger partial charge < -0.3 is 20.1 Å². The van der Waals surface area contributed by atoms with E-state index in [1.165, 1.54) is 25.7 Å². The van der Waals surface area contributed by atoms with E-state index < -0.39 is 0 Å². The van der Waals surface area contributed by atoms with Gasteiger partial charge in [0.25, 0.3) is 0 Å². The number of phenols is 1. The molecule has 1 aliphatic rings. The van der Waals surface area contributed by atoms with E-state index in [1.54, 1.807) is 13.2 Å². The van der Waals surface area contributed by atoms with Gasteiger partial charge in [0.15, 0.2) is 11.6 Å². The molecule has 41 heavy (non-hydrogen) atoms. The molecule has 7 nitrogen and oxygen atoms in total. The van der Waals surface area contributed by atoms with Gasteiger partial charge in [0.2, 0.25) is 0 Å². The molecular weight excluding hydrogens is 512 g/mol. The number of carbonyl (C=O) groups excluding carboxylic acids is 1. The lowest BCUT2D eigenvalue weighted by Gasteiger charge is -2.24. The quantitative estimate of drug-likeness (QED) is 0.144. The van der Waals surface area contributed by atoms with Crippen molar-refractivity contribution in [3.05, 3.63) is 59.7 Å². The van der Waals surface area contributed by atoms with E-state index in [9.17, 15) is 9.90 Å². The molecule has 0 fully saturated rings. The van der Waals surface area contributed by atoms with Crippen molar-refractivity contribution in [3.63, 3.8) is 0 Å². The summed E-state index contributed by atoms with van der Waals surface area (Å²) < 4.78 is 5.83. The van der Waals surface area contributed by atoms with E-state index in [-0.39, 0.29) is 11.5 Å². The summed E-state index contributed by atoms with van der Waals surface area (Å²) in [4.78, 5) is 26.0. The van der Waals surface area contributed by atoms with Crippen LogP contribution in [0.2, 0.25) is 0 Å². The van der Waals surface area contributed by atoms with Crippen molar-refractivity contribution in [1.82, 2.24) is 9.97 Å². The highest BCUT2D eigenvalue weighted by molar-refractivity contribution is 6.28. The van der Waals surface area contributed by atoms with Gasteiger partial charge in [0.1, 0.15) is 17.0 Å². The summed E-state index contributed by atoms with van der Waals surface area (Å²) in [6.45, 7) is 8.85. The first-order valence-corrected chi connectivity index (χ1v) is 14.9. The second-order valence-corrected chi connectivity index (χ2v) is 10.6. The fourth-order valence-electron chi connectivity index (χ4n) is 5.77. The number of aromatic nitrogens is 2. The fourth-order valence-corrected chi connectivity index (χ4v) is 5.77. The molecule has 1 heterocycles. The number of benzene rings is 3. The number of anilines is 2. The maximum Gasteiger partial charge on any atom is 0.196 e. The molecule has 0 bridgehead atoms.